The third kappa shape index (κ3) is 6.46. The van der Waals surface area contributed by atoms with E-state index < -0.39 is 5.41 Å². The van der Waals surface area contributed by atoms with Gasteiger partial charge in [0.15, 0.2) is 0 Å². The summed E-state index contributed by atoms with van der Waals surface area (Å²) < 4.78 is 2.56. The SMILES string of the molecule is c1ccc(C2(c3ccccc3)c3ccccc3-c3cccc(-c4ccc(N(c5ccc(-c6cccc7ccccc67)cc5)c5ccc(-c6cccc7ccccc67)c6sc7ccccc7c56)cc4)c32)cc1. The maximum Gasteiger partial charge on any atom is 0.0719 e. The molecule has 2 heteroatoms. The van der Waals surface area contributed by atoms with E-state index in [2.05, 4.69) is 278 Å². The molecule has 0 atom stereocenters. The third-order valence-corrected chi connectivity index (χ3v) is 16.2. The minimum atomic E-state index is -0.515. The Hall–Kier alpha value is -8.82. The first kappa shape index (κ1) is 41.2. The molecular formula is C69H45NS. The largest absolute Gasteiger partial charge is 0.310 e. The summed E-state index contributed by atoms with van der Waals surface area (Å²) in [6.07, 6.45) is 0. The van der Waals surface area contributed by atoms with Gasteiger partial charge in [-0.05, 0) is 119 Å². The second kappa shape index (κ2) is 16.7. The lowest BCUT2D eigenvalue weighted by Gasteiger charge is -2.35. The molecule has 1 aliphatic carbocycles. The second-order valence-electron chi connectivity index (χ2n) is 18.7. The molecule has 0 saturated heterocycles. The Labute approximate surface area is 417 Å². The van der Waals surface area contributed by atoms with Crippen LogP contribution in [0.3, 0.4) is 0 Å². The van der Waals surface area contributed by atoms with Gasteiger partial charge < -0.3 is 4.90 Å². The molecule has 1 nitrogen and oxygen atoms in total. The van der Waals surface area contributed by atoms with Crippen LogP contribution in [0.4, 0.5) is 17.1 Å². The van der Waals surface area contributed by atoms with Crippen LogP contribution >= 0.6 is 11.3 Å². The highest BCUT2D eigenvalue weighted by Gasteiger charge is 2.47. The Bertz CT molecular complexity index is 4100. The highest BCUT2D eigenvalue weighted by Crippen LogP contribution is 2.59. The molecule has 0 radical (unpaired) electrons. The fourth-order valence-electron chi connectivity index (χ4n) is 11.9. The summed E-state index contributed by atoms with van der Waals surface area (Å²) in [4.78, 5) is 2.48. The van der Waals surface area contributed by atoms with Gasteiger partial charge in [-0.25, -0.2) is 0 Å². The first-order valence-corrected chi connectivity index (χ1v) is 25.3. The van der Waals surface area contributed by atoms with Gasteiger partial charge >= 0.3 is 0 Å². The molecule has 1 aromatic heterocycles. The minimum absolute atomic E-state index is 0.515. The zero-order valence-corrected chi connectivity index (χ0v) is 39.7. The number of nitrogens with zero attached hydrogens (tertiary/aromatic N) is 1. The molecule has 0 amide bonds. The van der Waals surface area contributed by atoms with Crippen molar-refractivity contribution in [3.05, 3.63) is 295 Å². The summed E-state index contributed by atoms with van der Waals surface area (Å²) >= 11 is 1.89. The van der Waals surface area contributed by atoms with E-state index in [4.69, 9.17) is 0 Å². The van der Waals surface area contributed by atoms with E-state index in [9.17, 15) is 0 Å². The number of thiophene rings is 1. The molecule has 1 heterocycles. The highest BCUT2D eigenvalue weighted by molar-refractivity contribution is 7.26. The number of rotatable bonds is 8. The highest BCUT2D eigenvalue weighted by atomic mass is 32.1. The van der Waals surface area contributed by atoms with E-state index in [0.29, 0.717) is 0 Å². The summed E-state index contributed by atoms with van der Waals surface area (Å²) in [5.74, 6) is 0. The quantitative estimate of drug-likeness (QED) is 0.147. The molecule has 13 aromatic rings. The molecule has 0 fully saturated rings. The lowest BCUT2D eigenvalue weighted by molar-refractivity contribution is 0.770. The average molecular weight is 920 g/mol. The average Bonchev–Trinajstić information content (AvgIpc) is 3.99. The van der Waals surface area contributed by atoms with Gasteiger partial charge in [0.1, 0.15) is 0 Å². The predicted octanol–water partition coefficient (Wildman–Crippen LogP) is 19.2. The summed E-state index contributed by atoms with van der Waals surface area (Å²) in [5, 5.41) is 7.52. The summed E-state index contributed by atoms with van der Waals surface area (Å²) in [5.41, 5.74) is 17.9. The van der Waals surface area contributed by atoms with Gasteiger partial charge in [-0.15, -0.1) is 11.3 Å². The topological polar surface area (TPSA) is 3.24 Å². The Kier molecular flexibility index (Phi) is 9.69. The van der Waals surface area contributed by atoms with Gasteiger partial charge in [0, 0.05) is 37.1 Å². The molecule has 14 rings (SSSR count). The molecule has 0 aliphatic heterocycles. The Morgan fingerprint density at radius 1 is 0.310 bits per heavy atom. The van der Waals surface area contributed by atoms with Crippen molar-refractivity contribution in [2.75, 3.05) is 4.90 Å². The van der Waals surface area contributed by atoms with E-state index in [1.165, 1.54) is 108 Å². The van der Waals surface area contributed by atoms with Gasteiger partial charge in [-0.3, -0.25) is 0 Å². The van der Waals surface area contributed by atoms with E-state index in [0.717, 1.165) is 17.1 Å². The molecular weight excluding hydrogens is 875 g/mol. The number of anilines is 3. The van der Waals surface area contributed by atoms with Crippen molar-refractivity contribution in [1.82, 2.24) is 0 Å². The zero-order valence-electron chi connectivity index (χ0n) is 38.8. The first-order valence-electron chi connectivity index (χ1n) is 24.5. The molecule has 0 spiro atoms. The maximum atomic E-state index is 2.48. The van der Waals surface area contributed by atoms with Crippen molar-refractivity contribution in [3.63, 3.8) is 0 Å². The minimum Gasteiger partial charge on any atom is -0.310 e. The van der Waals surface area contributed by atoms with Crippen LogP contribution in [-0.2, 0) is 5.41 Å². The maximum absolute atomic E-state index is 2.48. The monoisotopic (exact) mass is 919 g/mol. The van der Waals surface area contributed by atoms with Crippen LogP contribution in [0.2, 0.25) is 0 Å². The van der Waals surface area contributed by atoms with Crippen LogP contribution in [0.15, 0.2) is 273 Å². The number of benzene rings is 12. The van der Waals surface area contributed by atoms with Gasteiger partial charge in [0.2, 0.25) is 0 Å². The normalized spacial score (nSPS) is 12.6. The van der Waals surface area contributed by atoms with Crippen LogP contribution in [0, 0.1) is 0 Å². The van der Waals surface area contributed by atoms with Gasteiger partial charge in [0.25, 0.3) is 0 Å². The fourth-order valence-corrected chi connectivity index (χ4v) is 13.1. The zero-order chi connectivity index (χ0) is 46.9. The lowest BCUT2D eigenvalue weighted by atomic mass is 9.66. The molecule has 12 aromatic carbocycles. The smallest absolute Gasteiger partial charge is 0.0719 e. The van der Waals surface area contributed by atoms with Gasteiger partial charge in [-0.2, -0.15) is 0 Å². The number of hydrogen-bond acceptors (Lipinski definition) is 2. The number of hydrogen-bond donors (Lipinski definition) is 0. The third-order valence-electron chi connectivity index (χ3n) is 15.0. The summed E-state index contributed by atoms with van der Waals surface area (Å²) in [6, 6.07) is 101. The van der Waals surface area contributed by atoms with E-state index in [1.54, 1.807) is 0 Å². The van der Waals surface area contributed by atoms with Crippen LogP contribution < -0.4 is 4.90 Å². The summed E-state index contributed by atoms with van der Waals surface area (Å²) in [6.45, 7) is 0. The molecule has 0 unspecified atom stereocenters. The van der Waals surface area contributed by atoms with Crippen molar-refractivity contribution in [2.45, 2.75) is 5.41 Å². The number of fused-ring (bicyclic) bond motifs is 8. The van der Waals surface area contributed by atoms with Gasteiger partial charge in [0.05, 0.1) is 11.1 Å². The lowest BCUT2D eigenvalue weighted by Crippen LogP contribution is -2.29. The van der Waals surface area contributed by atoms with Crippen molar-refractivity contribution in [3.8, 4) is 44.5 Å². The van der Waals surface area contributed by atoms with Crippen LogP contribution in [0.5, 0.6) is 0 Å². The van der Waals surface area contributed by atoms with E-state index in [-0.39, 0.29) is 0 Å². The van der Waals surface area contributed by atoms with Crippen molar-refractivity contribution < 1.29 is 0 Å². The van der Waals surface area contributed by atoms with Crippen LogP contribution in [0.25, 0.3) is 86.2 Å². The van der Waals surface area contributed by atoms with Crippen molar-refractivity contribution >= 4 is 70.1 Å². The van der Waals surface area contributed by atoms with E-state index in [1.807, 2.05) is 11.3 Å². The Morgan fingerprint density at radius 2 is 0.789 bits per heavy atom. The summed E-state index contributed by atoms with van der Waals surface area (Å²) in [7, 11) is 0. The second-order valence-corrected chi connectivity index (χ2v) is 19.7. The van der Waals surface area contributed by atoms with Crippen LogP contribution in [-0.4, -0.2) is 0 Å². The van der Waals surface area contributed by atoms with E-state index >= 15 is 0 Å². The molecule has 0 saturated carbocycles. The predicted molar refractivity (Wildman–Crippen MR) is 303 cm³/mol. The van der Waals surface area contributed by atoms with Gasteiger partial charge in [-0.1, -0.05) is 237 Å². The molecule has 0 N–H and O–H groups in total. The molecule has 1 aliphatic rings. The molecule has 0 bridgehead atoms. The van der Waals surface area contributed by atoms with Crippen molar-refractivity contribution in [2.24, 2.45) is 0 Å². The van der Waals surface area contributed by atoms with Crippen molar-refractivity contribution in [1.29, 1.82) is 0 Å². The Balaban J connectivity index is 0.978. The fraction of sp³-hybridized carbons (Fsp3) is 0.0145. The standard InChI is InChI=1S/C69H45NS/c1-3-22-50(23-4-1)69(51-24-5-2-6-25-51)63-34-13-11-28-59(63)60-33-17-31-57(67(60)69)49-38-42-53(43-39-49)70(52-40-36-48(37-41-52)55-30-15-20-46-18-7-9-26-54(46)55)64-45-44-61(58-32-16-21-47-19-8-10-27-56(47)58)68-66(64)62-29-12-14-35-65(62)71-68/h1-45H. The molecule has 71 heavy (non-hydrogen) atoms. The molecule has 332 valence electrons. The van der Waals surface area contributed by atoms with Crippen LogP contribution in [0.1, 0.15) is 22.3 Å². The first-order chi connectivity index (χ1) is 35.2. The Morgan fingerprint density at radius 3 is 1.46 bits per heavy atom.